The minimum atomic E-state index is -0.430. The quantitative estimate of drug-likeness (QED) is 0.837. The summed E-state index contributed by atoms with van der Waals surface area (Å²) in [6, 6.07) is 10.4. The van der Waals surface area contributed by atoms with Crippen molar-refractivity contribution in [3.8, 4) is 11.5 Å². The van der Waals surface area contributed by atoms with E-state index in [1.807, 2.05) is 30.4 Å². The molecule has 0 atom stereocenters. The van der Waals surface area contributed by atoms with Crippen LogP contribution in [-0.4, -0.2) is 12.7 Å². The van der Waals surface area contributed by atoms with Crippen LogP contribution in [0.2, 0.25) is 0 Å². The van der Waals surface area contributed by atoms with Gasteiger partial charge in [0.05, 0.1) is 5.69 Å². The van der Waals surface area contributed by atoms with E-state index in [1.54, 1.807) is 12.1 Å². The molecule has 0 radical (unpaired) electrons. The van der Waals surface area contributed by atoms with Gasteiger partial charge in [0.25, 0.3) is 0 Å². The molecule has 0 unspecified atom stereocenters. The third kappa shape index (κ3) is 3.36. The third-order valence-electron chi connectivity index (χ3n) is 4.59. The van der Waals surface area contributed by atoms with Gasteiger partial charge in [-0.25, -0.2) is 4.39 Å². The van der Waals surface area contributed by atoms with Crippen LogP contribution in [0, 0.1) is 11.7 Å². The average Bonchev–Trinajstić information content (AvgIpc) is 3.01. The topological polar surface area (TPSA) is 47.6 Å². The van der Waals surface area contributed by atoms with E-state index in [-0.39, 0.29) is 24.3 Å². The van der Waals surface area contributed by atoms with E-state index in [2.05, 4.69) is 5.32 Å². The lowest BCUT2D eigenvalue weighted by atomic mass is 9.85. The Morgan fingerprint density at radius 2 is 1.76 bits per heavy atom. The van der Waals surface area contributed by atoms with Gasteiger partial charge in [0.1, 0.15) is 5.82 Å². The van der Waals surface area contributed by atoms with Gasteiger partial charge in [-0.15, -0.1) is 0 Å². The summed E-state index contributed by atoms with van der Waals surface area (Å²) in [5, 5.41) is 2.67. The molecule has 1 fully saturated rings. The van der Waals surface area contributed by atoms with Gasteiger partial charge in [0, 0.05) is 5.92 Å². The van der Waals surface area contributed by atoms with Crippen LogP contribution in [0.3, 0.4) is 0 Å². The summed E-state index contributed by atoms with van der Waals surface area (Å²) >= 11 is 0. The summed E-state index contributed by atoms with van der Waals surface area (Å²) in [4.78, 5) is 11.9. The third-order valence-corrected chi connectivity index (χ3v) is 4.59. The second-order valence-corrected chi connectivity index (χ2v) is 6.30. The van der Waals surface area contributed by atoms with Crippen molar-refractivity contribution in [3.05, 3.63) is 53.3 Å². The Bertz CT molecular complexity index is 843. The number of halogens is 1. The molecule has 0 spiro atoms. The number of amides is 1. The van der Waals surface area contributed by atoms with Gasteiger partial charge in [-0.3, -0.25) is 4.79 Å². The highest BCUT2D eigenvalue weighted by Crippen LogP contribution is 2.33. The van der Waals surface area contributed by atoms with Crippen LogP contribution in [0.25, 0.3) is 12.2 Å². The number of rotatable bonds is 4. The molecule has 2 aromatic carbocycles. The van der Waals surface area contributed by atoms with E-state index < -0.39 is 5.82 Å². The van der Waals surface area contributed by atoms with Gasteiger partial charge in [0.2, 0.25) is 12.7 Å². The predicted octanol–water partition coefficient (Wildman–Crippen LogP) is 4.46. The van der Waals surface area contributed by atoms with Gasteiger partial charge in [-0.1, -0.05) is 30.7 Å². The maximum Gasteiger partial charge on any atom is 0.231 e. The van der Waals surface area contributed by atoms with E-state index in [9.17, 15) is 9.18 Å². The number of benzene rings is 2. The highest BCUT2D eigenvalue weighted by atomic mass is 19.1. The minimum absolute atomic E-state index is 0.0324. The van der Waals surface area contributed by atoms with Gasteiger partial charge in [-0.05, 0) is 48.2 Å². The molecule has 1 amide bonds. The smallest absolute Gasteiger partial charge is 0.231 e. The van der Waals surface area contributed by atoms with E-state index in [4.69, 9.17) is 9.47 Å². The Morgan fingerprint density at radius 3 is 2.48 bits per heavy atom. The molecular weight excluding hydrogens is 321 g/mol. The molecule has 5 heteroatoms. The highest BCUT2D eigenvalue weighted by Gasteiger charge is 2.25. The van der Waals surface area contributed by atoms with Crippen molar-refractivity contribution in [2.45, 2.75) is 19.3 Å². The maximum absolute atomic E-state index is 14.2. The molecule has 0 aromatic heterocycles. The lowest BCUT2D eigenvalue weighted by molar-refractivity contribution is -0.122. The van der Waals surface area contributed by atoms with E-state index in [1.165, 1.54) is 6.07 Å². The van der Waals surface area contributed by atoms with E-state index >= 15 is 0 Å². The van der Waals surface area contributed by atoms with Crippen molar-refractivity contribution in [1.29, 1.82) is 0 Å². The van der Waals surface area contributed by atoms with Crippen LogP contribution in [0.4, 0.5) is 10.1 Å². The standard InChI is InChI=1S/C20H18FNO3/c21-16-10-13(6-8-17(16)22-20(23)15-2-1-3-15)4-5-14-7-9-18-19(11-14)25-12-24-18/h4-11,15H,1-3,12H2,(H,22,23)/b5-4+. The zero-order valence-electron chi connectivity index (χ0n) is 13.6. The molecule has 0 bridgehead atoms. The molecule has 0 saturated heterocycles. The molecule has 4 rings (SSSR count). The molecule has 1 aliphatic carbocycles. The molecule has 2 aliphatic rings. The molecular formula is C20H18FNO3. The first-order valence-corrected chi connectivity index (χ1v) is 8.37. The first kappa shape index (κ1) is 15.7. The van der Waals surface area contributed by atoms with Gasteiger partial charge < -0.3 is 14.8 Å². The van der Waals surface area contributed by atoms with Crippen LogP contribution in [0.1, 0.15) is 30.4 Å². The van der Waals surface area contributed by atoms with Crippen molar-refractivity contribution in [2.24, 2.45) is 5.92 Å². The monoisotopic (exact) mass is 339 g/mol. The Morgan fingerprint density at radius 1 is 1.04 bits per heavy atom. The Labute approximate surface area is 145 Å². The van der Waals surface area contributed by atoms with Crippen LogP contribution < -0.4 is 14.8 Å². The zero-order valence-corrected chi connectivity index (χ0v) is 13.6. The number of hydrogen-bond donors (Lipinski definition) is 1. The number of fused-ring (bicyclic) bond motifs is 1. The SMILES string of the molecule is O=C(Nc1ccc(/C=C/c2ccc3c(c2)OCO3)cc1F)C1CCC1. The number of carbonyl (C=O) groups excluding carboxylic acids is 1. The number of nitrogens with one attached hydrogen (secondary N) is 1. The molecule has 25 heavy (non-hydrogen) atoms. The first-order chi connectivity index (χ1) is 12.2. The summed E-state index contributed by atoms with van der Waals surface area (Å²) in [6.07, 6.45) is 6.55. The molecule has 1 aliphatic heterocycles. The lowest BCUT2D eigenvalue weighted by Crippen LogP contribution is -2.28. The summed E-state index contributed by atoms with van der Waals surface area (Å²) in [7, 11) is 0. The van der Waals surface area contributed by atoms with Gasteiger partial charge >= 0.3 is 0 Å². The van der Waals surface area contributed by atoms with E-state index in [0.29, 0.717) is 5.75 Å². The second-order valence-electron chi connectivity index (χ2n) is 6.30. The van der Waals surface area contributed by atoms with Crippen molar-refractivity contribution in [3.63, 3.8) is 0 Å². The van der Waals surface area contributed by atoms with Gasteiger partial charge in [-0.2, -0.15) is 0 Å². The van der Waals surface area contributed by atoms with Crippen molar-refractivity contribution < 1.29 is 18.7 Å². The molecule has 128 valence electrons. The molecule has 2 aromatic rings. The van der Waals surface area contributed by atoms with Crippen molar-refractivity contribution in [2.75, 3.05) is 12.1 Å². The number of hydrogen-bond acceptors (Lipinski definition) is 3. The van der Waals surface area contributed by atoms with E-state index in [0.717, 1.165) is 36.1 Å². The Kier molecular flexibility index (Phi) is 4.14. The largest absolute Gasteiger partial charge is 0.454 e. The fourth-order valence-electron chi connectivity index (χ4n) is 2.85. The highest BCUT2D eigenvalue weighted by molar-refractivity contribution is 5.93. The average molecular weight is 339 g/mol. The van der Waals surface area contributed by atoms with Crippen LogP contribution >= 0.6 is 0 Å². The molecule has 4 nitrogen and oxygen atoms in total. The van der Waals surface area contributed by atoms with Crippen LogP contribution in [0.5, 0.6) is 11.5 Å². The lowest BCUT2D eigenvalue weighted by Gasteiger charge is -2.24. The predicted molar refractivity (Wildman–Crippen MR) is 93.9 cm³/mol. The number of carbonyl (C=O) groups is 1. The fourth-order valence-corrected chi connectivity index (χ4v) is 2.85. The first-order valence-electron chi connectivity index (χ1n) is 8.37. The van der Waals surface area contributed by atoms with Crippen molar-refractivity contribution >= 4 is 23.7 Å². The molecule has 1 saturated carbocycles. The summed E-state index contributed by atoms with van der Waals surface area (Å²) in [5.74, 6) is 0.955. The number of ether oxygens (including phenoxy) is 2. The second kappa shape index (κ2) is 6.59. The number of anilines is 1. The van der Waals surface area contributed by atoms with Crippen molar-refractivity contribution in [1.82, 2.24) is 0 Å². The zero-order chi connectivity index (χ0) is 17.2. The fraction of sp³-hybridized carbons (Fsp3) is 0.250. The summed E-state index contributed by atoms with van der Waals surface area (Å²) < 4.78 is 24.8. The maximum atomic E-state index is 14.2. The minimum Gasteiger partial charge on any atom is -0.454 e. The molecule has 1 N–H and O–H groups in total. The Balaban J connectivity index is 1.45. The summed E-state index contributed by atoms with van der Waals surface area (Å²) in [5.41, 5.74) is 1.89. The normalized spacial score (nSPS) is 16.0. The summed E-state index contributed by atoms with van der Waals surface area (Å²) in [6.45, 7) is 0.238. The Hall–Kier alpha value is -2.82. The van der Waals surface area contributed by atoms with Gasteiger partial charge in [0.15, 0.2) is 11.5 Å². The van der Waals surface area contributed by atoms with Crippen LogP contribution in [-0.2, 0) is 4.79 Å². The molecule has 1 heterocycles. The van der Waals surface area contributed by atoms with Crippen LogP contribution in [0.15, 0.2) is 36.4 Å².